The highest BCUT2D eigenvalue weighted by molar-refractivity contribution is 7.71. The average Bonchev–Trinajstić information content (AvgIpc) is 3.08. The van der Waals surface area contributed by atoms with E-state index in [1.807, 2.05) is 11.6 Å². The second-order valence-electron chi connectivity index (χ2n) is 5.03. The lowest BCUT2D eigenvalue weighted by Gasteiger charge is -2.14. The molecule has 0 aliphatic rings. The van der Waals surface area contributed by atoms with Crippen LogP contribution in [0.5, 0.6) is 0 Å². The third-order valence-electron chi connectivity index (χ3n) is 3.60. The molecule has 0 saturated heterocycles. The predicted octanol–water partition coefficient (Wildman–Crippen LogP) is 4.09. The summed E-state index contributed by atoms with van der Waals surface area (Å²) in [5.41, 5.74) is 3.18. The molecular weight excluding hydrogens is 288 g/mol. The molecule has 6 heteroatoms. The summed E-state index contributed by atoms with van der Waals surface area (Å²) in [4.78, 5) is 4.69. The van der Waals surface area contributed by atoms with Crippen LogP contribution < -0.4 is 0 Å². The Balaban J connectivity index is 2.10. The first-order chi connectivity index (χ1) is 9.61. The number of imidazole rings is 1. The molecule has 3 rings (SSSR count). The molecule has 1 atom stereocenters. The van der Waals surface area contributed by atoms with Crippen LogP contribution in [0.15, 0.2) is 17.5 Å². The number of fused-ring (bicyclic) bond motifs is 1. The van der Waals surface area contributed by atoms with Crippen molar-refractivity contribution in [2.45, 2.75) is 39.8 Å². The zero-order valence-corrected chi connectivity index (χ0v) is 13.5. The van der Waals surface area contributed by atoms with Gasteiger partial charge in [-0.3, -0.25) is 4.57 Å². The maximum Gasteiger partial charge on any atom is 0.179 e. The van der Waals surface area contributed by atoms with Gasteiger partial charge in [0.1, 0.15) is 5.52 Å². The summed E-state index contributed by atoms with van der Waals surface area (Å²) in [5.74, 6) is 0. The summed E-state index contributed by atoms with van der Waals surface area (Å²) >= 11 is 7.31. The van der Waals surface area contributed by atoms with Crippen molar-refractivity contribution in [3.05, 3.63) is 32.9 Å². The molecule has 0 amide bonds. The molecular formula is C14H18N4S2. The van der Waals surface area contributed by atoms with Gasteiger partial charge in [0.05, 0.1) is 5.69 Å². The number of hydrogen-bond donors (Lipinski definition) is 1. The van der Waals surface area contributed by atoms with E-state index in [2.05, 4.69) is 46.0 Å². The zero-order valence-electron chi connectivity index (χ0n) is 11.9. The van der Waals surface area contributed by atoms with Crippen molar-refractivity contribution in [3.8, 4) is 0 Å². The number of aromatic amines is 1. The second kappa shape index (κ2) is 5.18. The topological polar surface area (TPSA) is 38.5 Å². The Morgan fingerprint density at radius 3 is 2.95 bits per heavy atom. The van der Waals surface area contributed by atoms with E-state index in [0.717, 1.165) is 34.6 Å². The van der Waals surface area contributed by atoms with Crippen LogP contribution in [0.1, 0.15) is 30.5 Å². The van der Waals surface area contributed by atoms with Crippen LogP contribution in [0, 0.1) is 11.7 Å². The molecule has 0 saturated carbocycles. The van der Waals surface area contributed by atoms with E-state index < -0.39 is 0 Å². The van der Waals surface area contributed by atoms with E-state index >= 15 is 0 Å². The Morgan fingerprint density at radius 1 is 1.50 bits per heavy atom. The van der Waals surface area contributed by atoms with E-state index in [1.54, 1.807) is 11.3 Å². The monoisotopic (exact) mass is 306 g/mol. The lowest BCUT2D eigenvalue weighted by molar-refractivity contribution is 0.534. The van der Waals surface area contributed by atoms with Gasteiger partial charge in [-0.25, -0.2) is 4.68 Å². The molecule has 106 valence electrons. The molecule has 3 aromatic rings. The highest BCUT2D eigenvalue weighted by Gasteiger charge is 2.18. The van der Waals surface area contributed by atoms with Crippen molar-refractivity contribution >= 4 is 34.7 Å². The van der Waals surface area contributed by atoms with Gasteiger partial charge in [-0.05, 0) is 44.4 Å². The van der Waals surface area contributed by atoms with Gasteiger partial charge in [-0.15, -0.1) is 11.3 Å². The van der Waals surface area contributed by atoms with Crippen molar-refractivity contribution in [1.29, 1.82) is 0 Å². The molecule has 3 aromatic heterocycles. The van der Waals surface area contributed by atoms with Gasteiger partial charge in [0, 0.05) is 23.9 Å². The van der Waals surface area contributed by atoms with E-state index in [-0.39, 0.29) is 0 Å². The van der Waals surface area contributed by atoms with Crippen molar-refractivity contribution in [3.63, 3.8) is 0 Å². The van der Waals surface area contributed by atoms with E-state index in [0.29, 0.717) is 6.04 Å². The minimum atomic E-state index is 0.316. The highest BCUT2D eigenvalue weighted by Crippen LogP contribution is 2.25. The fourth-order valence-electron chi connectivity index (χ4n) is 2.66. The van der Waals surface area contributed by atoms with Crippen LogP contribution in [-0.2, 0) is 13.0 Å². The van der Waals surface area contributed by atoms with E-state index in [9.17, 15) is 0 Å². The Bertz CT molecular complexity index is 776. The van der Waals surface area contributed by atoms with Gasteiger partial charge >= 0.3 is 0 Å². The van der Waals surface area contributed by atoms with E-state index in [1.165, 1.54) is 4.88 Å². The summed E-state index contributed by atoms with van der Waals surface area (Å²) in [6.07, 6.45) is 0.993. The molecule has 20 heavy (non-hydrogen) atoms. The average molecular weight is 306 g/mol. The predicted molar refractivity (Wildman–Crippen MR) is 86.1 cm³/mol. The maximum atomic E-state index is 5.52. The van der Waals surface area contributed by atoms with Gasteiger partial charge in [0.2, 0.25) is 0 Å². The quantitative estimate of drug-likeness (QED) is 0.737. The molecule has 0 aliphatic carbocycles. The minimum Gasteiger partial charge on any atom is -0.328 e. The Hall–Kier alpha value is -1.40. The number of nitrogens with one attached hydrogen (secondary N) is 1. The summed E-state index contributed by atoms with van der Waals surface area (Å²) < 4.78 is 5.02. The van der Waals surface area contributed by atoms with Gasteiger partial charge < -0.3 is 4.98 Å². The molecule has 0 aliphatic heterocycles. The fourth-order valence-corrected chi connectivity index (χ4v) is 3.86. The molecule has 0 aromatic carbocycles. The van der Waals surface area contributed by atoms with Gasteiger partial charge in [-0.2, -0.15) is 5.10 Å². The molecule has 4 nitrogen and oxygen atoms in total. The van der Waals surface area contributed by atoms with Crippen molar-refractivity contribution in [1.82, 2.24) is 19.3 Å². The minimum absolute atomic E-state index is 0.316. The highest BCUT2D eigenvalue weighted by atomic mass is 32.1. The number of H-pyrrole nitrogens is 1. The lowest BCUT2D eigenvalue weighted by atomic mass is 10.2. The summed E-state index contributed by atoms with van der Waals surface area (Å²) in [6.45, 7) is 7.19. The molecule has 3 heterocycles. The maximum absolute atomic E-state index is 5.52. The number of aromatic nitrogens is 4. The number of aryl methyl sites for hydroxylation is 2. The van der Waals surface area contributed by atoms with Crippen LogP contribution >= 0.6 is 23.6 Å². The van der Waals surface area contributed by atoms with Crippen molar-refractivity contribution in [2.24, 2.45) is 0 Å². The van der Waals surface area contributed by atoms with Crippen LogP contribution in [0.4, 0.5) is 0 Å². The molecule has 0 bridgehead atoms. The van der Waals surface area contributed by atoms with E-state index in [4.69, 9.17) is 12.2 Å². The molecule has 1 unspecified atom stereocenters. The zero-order chi connectivity index (χ0) is 14.3. The lowest BCUT2D eigenvalue weighted by Crippen LogP contribution is -2.11. The van der Waals surface area contributed by atoms with Crippen LogP contribution in [0.3, 0.4) is 0 Å². The number of hydrogen-bond acceptors (Lipinski definition) is 3. The molecule has 1 N–H and O–H groups in total. The summed E-state index contributed by atoms with van der Waals surface area (Å²) in [6, 6.07) is 4.59. The molecule has 0 fully saturated rings. The second-order valence-corrected chi connectivity index (χ2v) is 6.45. The normalized spacial score (nSPS) is 13.2. The Labute approximate surface area is 127 Å². The third-order valence-corrected chi connectivity index (χ3v) is 4.79. The van der Waals surface area contributed by atoms with Gasteiger partial charge in [0.25, 0.3) is 0 Å². The summed E-state index contributed by atoms with van der Waals surface area (Å²) in [5, 5.41) is 6.69. The number of nitrogens with zero attached hydrogens (tertiary/aromatic N) is 3. The Kier molecular flexibility index (Phi) is 3.52. The first kappa shape index (κ1) is 13.6. The number of rotatable bonds is 4. The van der Waals surface area contributed by atoms with Gasteiger partial charge in [0.15, 0.2) is 10.4 Å². The number of thiophene rings is 1. The fraction of sp³-hybridized carbons (Fsp3) is 0.429. The molecule has 0 spiro atoms. The standard InChI is InChI=1S/C14H18N4S2/c1-4-17-13-12(10(3)16-17)15-14(19)18(13)9(2)8-11-6-5-7-20-11/h5-7,9H,4,8H2,1-3H3,(H,15,19). The first-order valence-electron chi connectivity index (χ1n) is 6.81. The Morgan fingerprint density at radius 2 is 2.30 bits per heavy atom. The van der Waals surface area contributed by atoms with Crippen LogP contribution in [-0.4, -0.2) is 19.3 Å². The molecule has 0 radical (unpaired) electrons. The van der Waals surface area contributed by atoms with Crippen LogP contribution in [0.25, 0.3) is 11.2 Å². The smallest absolute Gasteiger partial charge is 0.179 e. The van der Waals surface area contributed by atoms with Crippen LogP contribution in [0.2, 0.25) is 0 Å². The van der Waals surface area contributed by atoms with Crippen molar-refractivity contribution < 1.29 is 0 Å². The third kappa shape index (κ3) is 2.13. The first-order valence-corrected chi connectivity index (χ1v) is 8.10. The summed E-state index contributed by atoms with van der Waals surface area (Å²) in [7, 11) is 0. The van der Waals surface area contributed by atoms with Crippen molar-refractivity contribution in [2.75, 3.05) is 0 Å². The SMILES string of the molecule is CCn1nc(C)c2[nH]c(=S)n(C(C)Cc3cccs3)c21. The largest absolute Gasteiger partial charge is 0.328 e. The van der Waals surface area contributed by atoms with Gasteiger partial charge in [-0.1, -0.05) is 6.07 Å².